The van der Waals surface area contributed by atoms with Crippen molar-refractivity contribution in [2.75, 3.05) is 21.0 Å². The molecule has 2 aliphatic rings. The third kappa shape index (κ3) is 3.37. The number of fused-ring (bicyclic) bond motifs is 4. The molecule has 0 saturated carbocycles. The summed E-state index contributed by atoms with van der Waals surface area (Å²) in [6.45, 7) is 0.144. The molecule has 0 N–H and O–H groups in total. The normalized spacial score (nSPS) is 16.1. The van der Waals surface area contributed by atoms with E-state index >= 15 is 0 Å². The molecule has 4 aromatic rings. The topological polar surface area (TPSA) is 93.4 Å². The molecule has 35 heavy (non-hydrogen) atoms. The van der Waals surface area contributed by atoms with Crippen molar-refractivity contribution in [3.05, 3.63) is 76.1 Å². The second-order valence-electron chi connectivity index (χ2n) is 8.25. The van der Waals surface area contributed by atoms with Gasteiger partial charge in [-0.15, -0.1) is 0 Å². The third-order valence-corrected chi connectivity index (χ3v) is 6.38. The van der Waals surface area contributed by atoms with E-state index in [9.17, 15) is 9.59 Å². The van der Waals surface area contributed by atoms with Gasteiger partial charge in [-0.2, -0.15) is 0 Å². The summed E-state index contributed by atoms with van der Waals surface area (Å²) >= 11 is 0. The summed E-state index contributed by atoms with van der Waals surface area (Å²) in [7, 11) is 3.04. The zero-order valence-corrected chi connectivity index (χ0v) is 19.0. The fraction of sp³-hybridized carbons (Fsp3) is 0.185. The van der Waals surface area contributed by atoms with Gasteiger partial charge in [-0.05, 0) is 35.4 Å². The van der Waals surface area contributed by atoms with Gasteiger partial charge < -0.3 is 28.1 Å². The van der Waals surface area contributed by atoms with Crippen LogP contribution >= 0.6 is 0 Å². The van der Waals surface area contributed by atoms with Gasteiger partial charge in [0.1, 0.15) is 34.5 Å². The minimum absolute atomic E-state index is 0.0814. The number of rotatable bonds is 4. The van der Waals surface area contributed by atoms with Crippen LogP contribution in [0.15, 0.2) is 64.0 Å². The van der Waals surface area contributed by atoms with Crippen molar-refractivity contribution in [2.24, 2.45) is 0 Å². The number of methoxy groups -OCH3 is 2. The number of carbonyl (C=O) groups excluding carboxylic acids is 1. The Balaban J connectivity index is 1.57. The van der Waals surface area contributed by atoms with Crippen molar-refractivity contribution < 1.29 is 32.9 Å². The number of esters is 1. The standard InChI is InChI=1S/C27H20O8/c1-30-16-6-3-14(4-7-16)18-12-32-27-24-17(15-5-8-19-20(9-15)34-13-33-19)10-23(28)35-22(24)11-21(31-2)25(27)26(18)29/h3-9,11-12,17H,10,13H2,1-2H3/t17-/m0/s1. The molecule has 0 saturated heterocycles. The van der Waals surface area contributed by atoms with E-state index in [1.807, 2.05) is 12.1 Å². The molecule has 0 aliphatic carbocycles. The number of ether oxygens (including phenoxy) is 5. The zero-order valence-electron chi connectivity index (χ0n) is 19.0. The molecule has 176 valence electrons. The highest BCUT2D eigenvalue weighted by Crippen LogP contribution is 2.47. The first-order valence-corrected chi connectivity index (χ1v) is 11.0. The second-order valence-corrected chi connectivity index (χ2v) is 8.25. The van der Waals surface area contributed by atoms with E-state index in [4.69, 9.17) is 28.1 Å². The van der Waals surface area contributed by atoms with E-state index in [1.165, 1.54) is 13.4 Å². The van der Waals surface area contributed by atoms with Gasteiger partial charge in [0.2, 0.25) is 12.2 Å². The number of hydrogen-bond acceptors (Lipinski definition) is 8. The maximum atomic E-state index is 13.7. The minimum atomic E-state index is -0.413. The lowest BCUT2D eigenvalue weighted by molar-refractivity contribution is -0.135. The van der Waals surface area contributed by atoms with E-state index in [1.54, 1.807) is 43.5 Å². The van der Waals surface area contributed by atoms with Crippen LogP contribution in [0.2, 0.25) is 0 Å². The van der Waals surface area contributed by atoms with Gasteiger partial charge in [0.25, 0.3) is 0 Å². The maximum absolute atomic E-state index is 13.7. The predicted octanol–water partition coefficient (Wildman–Crippen LogP) is 4.65. The van der Waals surface area contributed by atoms with Crippen LogP contribution in [0.5, 0.6) is 28.7 Å². The number of hydrogen-bond donors (Lipinski definition) is 0. The van der Waals surface area contributed by atoms with Crippen molar-refractivity contribution in [1.82, 2.24) is 0 Å². The molecule has 1 aromatic heterocycles. The SMILES string of the molecule is COc1ccc(-c2coc3c4c(cc(OC)c3c2=O)OC(=O)C[C@H]4c2ccc3c(c2)OCO3)cc1. The molecule has 0 spiro atoms. The van der Waals surface area contributed by atoms with Gasteiger partial charge in [0, 0.05) is 17.5 Å². The van der Waals surface area contributed by atoms with Crippen LogP contribution in [0.4, 0.5) is 0 Å². The Morgan fingerprint density at radius 1 is 0.886 bits per heavy atom. The van der Waals surface area contributed by atoms with Crippen LogP contribution in [-0.4, -0.2) is 27.0 Å². The van der Waals surface area contributed by atoms with E-state index < -0.39 is 11.9 Å². The molecular formula is C27H20O8. The monoisotopic (exact) mass is 472 g/mol. The van der Waals surface area contributed by atoms with E-state index in [0.29, 0.717) is 45.3 Å². The highest BCUT2D eigenvalue weighted by atomic mass is 16.7. The Morgan fingerprint density at radius 3 is 2.46 bits per heavy atom. The van der Waals surface area contributed by atoms with Crippen LogP contribution < -0.4 is 29.1 Å². The van der Waals surface area contributed by atoms with Gasteiger partial charge in [-0.3, -0.25) is 9.59 Å². The van der Waals surface area contributed by atoms with E-state index in [0.717, 1.165) is 5.56 Å². The summed E-state index contributed by atoms with van der Waals surface area (Å²) in [6.07, 6.45) is 1.51. The molecule has 0 unspecified atom stereocenters. The molecule has 8 nitrogen and oxygen atoms in total. The molecule has 0 fully saturated rings. The smallest absolute Gasteiger partial charge is 0.312 e. The van der Waals surface area contributed by atoms with E-state index in [-0.39, 0.29) is 29.8 Å². The van der Waals surface area contributed by atoms with Crippen molar-refractivity contribution in [3.8, 4) is 39.9 Å². The molecule has 2 aliphatic heterocycles. The summed E-state index contributed by atoms with van der Waals surface area (Å²) in [5.74, 6) is 1.68. The van der Waals surface area contributed by atoms with Gasteiger partial charge in [-0.1, -0.05) is 18.2 Å². The summed E-state index contributed by atoms with van der Waals surface area (Å²) in [5.41, 5.74) is 2.55. The molecule has 3 aromatic carbocycles. The Morgan fingerprint density at radius 2 is 1.69 bits per heavy atom. The largest absolute Gasteiger partial charge is 0.497 e. The lowest BCUT2D eigenvalue weighted by Gasteiger charge is -2.26. The first-order chi connectivity index (χ1) is 17.1. The maximum Gasteiger partial charge on any atom is 0.312 e. The minimum Gasteiger partial charge on any atom is -0.497 e. The lowest BCUT2D eigenvalue weighted by atomic mass is 9.84. The van der Waals surface area contributed by atoms with Crippen LogP contribution in [0.1, 0.15) is 23.5 Å². The molecular weight excluding hydrogens is 452 g/mol. The van der Waals surface area contributed by atoms with Crippen molar-refractivity contribution in [3.63, 3.8) is 0 Å². The van der Waals surface area contributed by atoms with Crippen LogP contribution in [-0.2, 0) is 4.79 Å². The predicted molar refractivity (Wildman–Crippen MR) is 126 cm³/mol. The van der Waals surface area contributed by atoms with Crippen molar-refractivity contribution in [1.29, 1.82) is 0 Å². The van der Waals surface area contributed by atoms with E-state index in [2.05, 4.69) is 0 Å². The Bertz CT molecular complexity index is 1530. The summed E-state index contributed by atoms with van der Waals surface area (Å²) in [4.78, 5) is 26.2. The van der Waals surface area contributed by atoms with Gasteiger partial charge >= 0.3 is 5.97 Å². The van der Waals surface area contributed by atoms with Gasteiger partial charge in [0.15, 0.2) is 11.5 Å². The molecule has 0 amide bonds. The van der Waals surface area contributed by atoms with Crippen LogP contribution in [0.3, 0.4) is 0 Å². The quantitative estimate of drug-likeness (QED) is 0.313. The molecule has 0 bridgehead atoms. The van der Waals surface area contributed by atoms with Crippen LogP contribution in [0.25, 0.3) is 22.1 Å². The zero-order chi connectivity index (χ0) is 24.1. The van der Waals surface area contributed by atoms with Gasteiger partial charge in [-0.25, -0.2) is 0 Å². The lowest BCUT2D eigenvalue weighted by Crippen LogP contribution is -2.22. The highest BCUT2D eigenvalue weighted by molar-refractivity contribution is 5.94. The average Bonchev–Trinajstić information content (AvgIpc) is 3.36. The first-order valence-electron chi connectivity index (χ1n) is 11.0. The molecule has 8 heteroatoms. The Hall–Kier alpha value is -4.46. The molecule has 1 atom stereocenters. The molecule has 0 radical (unpaired) electrons. The highest BCUT2D eigenvalue weighted by Gasteiger charge is 2.34. The first kappa shape index (κ1) is 21.1. The average molecular weight is 472 g/mol. The summed E-state index contributed by atoms with van der Waals surface area (Å²) in [6, 6.07) is 14.2. The second kappa shape index (κ2) is 8.09. The third-order valence-electron chi connectivity index (χ3n) is 6.38. The summed E-state index contributed by atoms with van der Waals surface area (Å²) in [5, 5.41) is 0.281. The fourth-order valence-electron chi connectivity index (χ4n) is 4.66. The fourth-order valence-corrected chi connectivity index (χ4v) is 4.66. The van der Waals surface area contributed by atoms with Crippen LogP contribution in [0, 0.1) is 0 Å². The Kier molecular flexibility index (Phi) is 4.88. The summed E-state index contributed by atoms with van der Waals surface area (Å²) < 4.78 is 33.3. The molecule has 6 rings (SSSR count). The van der Waals surface area contributed by atoms with Crippen molar-refractivity contribution >= 4 is 16.9 Å². The molecule has 3 heterocycles. The number of carbonyl (C=O) groups is 1. The van der Waals surface area contributed by atoms with Gasteiger partial charge in [0.05, 0.1) is 26.2 Å². The number of benzene rings is 3. The Labute approximate surface area is 199 Å². The van der Waals surface area contributed by atoms with Crippen molar-refractivity contribution in [2.45, 2.75) is 12.3 Å².